The molecule has 2 N–H and O–H groups in total. The summed E-state index contributed by atoms with van der Waals surface area (Å²) in [5.41, 5.74) is 1.03. The van der Waals surface area contributed by atoms with Crippen molar-refractivity contribution in [1.29, 1.82) is 0 Å². The van der Waals surface area contributed by atoms with E-state index in [0.717, 1.165) is 49.2 Å². The van der Waals surface area contributed by atoms with E-state index < -0.39 is 0 Å². The molecule has 0 aliphatic carbocycles. The number of benzene rings is 1. The second-order valence-electron chi connectivity index (χ2n) is 6.82. The monoisotopic (exact) mass is 363 g/mol. The molecule has 1 saturated heterocycles. The van der Waals surface area contributed by atoms with Gasteiger partial charge >= 0.3 is 0 Å². The largest absolute Gasteiger partial charge is 0.497 e. The van der Waals surface area contributed by atoms with Gasteiger partial charge in [-0.25, -0.2) is 0 Å². The topological polar surface area (TPSA) is 61.4 Å². The lowest BCUT2D eigenvalue weighted by molar-refractivity contribution is 0.116. The third kappa shape index (κ3) is 5.25. The van der Waals surface area contributed by atoms with Crippen molar-refractivity contribution in [3.8, 4) is 11.5 Å². The van der Waals surface area contributed by atoms with E-state index in [2.05, 4.69) is 46.4 Å². The number of nitrogens with one attached hydrogen (secondary N) is 2. The molecule has 2 atom stereocenters. The summed E-state index contributed by atoms with van der Waals surface area (Å²) in [7, 11) is 9.49. The minimum atomic E-state index is 0.0259. The standard InChI is InChI=1S/C19H33N5O2/c1-14(17-11-16(25-5)7-8-18(17)26-6)22-19(20-2)21-12-15-13-23(3)9-10-24(15)4/h7-8,11,14-15H,9-10,12-13H2,1-6H3,(H2,20,21,22). The van der Waals surface area contributed by atoms with E-state index in [9.17, 15) is 0 Å². The van der Waals surface area contributed by atoms with Crippen LogP contribution in [0.2, 0.25) is 0 Å². The smallest absolute Gasteiger partial charge is 0.191 e. The summed E-state index contributed by atoms with van der Waals surface area (Å²) in [5, 5.41) is 6.90. The molecule has 7 heteroatoms. The van der Waals surface area contributed by atoms with Gasteiger partial charge in [0.1, 0.15) is 11.5 Å². The molecule has 0 bridgehead atoms. The van der Waals surface area contributed by atoms with Crippen LogP contribution in [-0.2, 0) is 0 Å². The second kappa shape index (κ2) is 9.64. The Balaban J connectivity index is 1.99. The van der Waals surface area contributed by atoms with E-state index in [1.54, 1.807) is 21.3 Å². The van der Waals surface area contributed by atoms with Crippen LogP contribution in [-0.4, -0.2) is 83.3 Å². The van der Waals surface area contributed by atoms with Crippen LogP contribution in [0.5, 0.6) is 11.5 Å². The molecule has 26 heavy (non-hydrogen) atoms. The van der Waals surface area contributed by atoms with E-state index in [1.807, 2.05) is 18.2 Å². The van der Waals surface area contributed by atoms with Crippen molar-refractivity contribution in [3.05, 3.63) is 23.8 Å². The van der Waals surface area contributed by atoms with Gasteiger partial charge in [-0.1, -0.05) is 0 Å². The van der Waals surface area contributed by atoms with Crippen molar-refractivity contribution in [2.45, 2.75) is 19.0 Å². The SMILES string of the molecule is CN=C(NCC1CN(C)CCN1C)NC(C)c1cc(OC)ccc1OC. The highest BCUT2D eigenvalue weighted by molar-refractivity contribution is 5.80. The maximum atomic E-state index is 5.49. The molecule has 0 spiro atoms. The van der Waals surface area contributed by atoms with Crippen LogP contribution in [0.3, 0.4) is 0 Å². The third-order valence-electron chi connectivity index (χ3n) is 4.97. The number of nitrogens with zero attached hydrogens (tertiary/aromatic N) is 3. The van der Waals surface area contributed by atoms with Gasteiger partial charge in [-0.15, -0.1) is 0 Å². The molecule has 0 aromatic heterocycles. The lowest BCUT2D eigenvalue weighted by Crippen LogP contribution is -2.55. The van der Waals surface area contributed by atoms with E-state index in [4.69, 9.17) is 9.47 Å². The predicted octanol–water partition coefficient (Wildman–Crippen LogP) is 1.18. The highest BCUT2D eigenvalue weighted by Gasteiger charge is 2.22. The Bertz CT molecular complexity index is 608. The maximum Gasteiger partial charge on any atom is 0.191 e. The van der Waals surface area contributed by atoms with Gasteiger partial charge in [-0.3, -0.25) is 9.89 Å². The van der Waals surface area contributed by atoms with Crippen molar-refractivity contribution < 1.29 is 9.47 Å². The minimum Gasteiger partial charge on any atom is -0.497 e. The fraction of sp³-hybridized carbons (Fsp3) is 0.632. The molecule has 1 fully saturated rings. The molecule has 1 aromatic rings. The first kappa shape index (κ1) is 20.3. The Morgan fingerprint density at radius 1 is 1.27 bits per heavy atom. The van der Waals surface area contributed by atoms with Crippen LogP contribution in [0.1, 0.15) is 18.5 Å². The number of rotatable bonds is 6. The van der Waals surface area contributed by atoms with Crippen LogP contribution >= 0.6 is 0 Å². The zero-order valence-electron chi connectivity index (χ0n) is 16.9. The first-order valence-electron chi connectivity index (χ1n) is 9.06. The molecule has 1 aliphatic rings. The molecule has 1 aliphatic heterocycles. The lowest BCUT2D eigenvalue weighted by atomic mass is 10.1. The molecular weight excluding hydrogens is 330 g/mol. The van der Waals surface area contributed by atoms with Gasteiger partial charge in [0.15, 0.2) is 5.96 Å². The summed E-state index contributed by atoms with van der Waals surface area (Å²) >= 11 is 0. The molecule has 2 unspecified atom stereocenters. The Morgan fingerprint density at radius 2 is 2.04 bits per heavy atom. The van der Waals surface area contributed by atoms with Gasteiger partial charge in [0, 0.05) is 44.8 Å². The number of hydrogen-bond donors (Lipinski definition) is 2. The van der Waals surface area contributed by atoms with Gasteiger partial charge in [0.05, 0.1) is 20.3 Å². The second-order valence-corrected chi connectivity index (χ2v) is 6.82. The van der Waals surface area contributed by atoms with Crippen molar-refractivity contribution in [3.63, 3.8) is 0 Å². The third-order valence-corrected chi connectivity index (χ3v) is 4.97. The summed E-state index contributed by atoms with van der Waals surface area (Å²) in [6, 6.07) is 6.31. The summed E-state index contributed by atoms with van der Waals surface area (Å²) in [6.07, 6.45) is 0. The molecule has 7 nitrogen and oxygen atoms in total. The van der Waals surface area contributed by atoms with Crippen molar-refractivity contribution in [1.82, 2.24) is 20.4 Å². The average Bonchev–Trinajstić information content (AvgIpc) is 2.66. The normalized spacial score (nSPS) is 20.5. The highest BCUT2D eigenvalue weighted by atomic mass is 16.5. The minimum absolute atomic E-state index is 0.0259. The molecule has 146 valence electrons. The predicted molar refractivity (Wildman–Crippen MR) is 106 cm³/mol. The van der Waals surface area contributed by atoms with Crippen molar-refractivity contribution in [2.75, 3.05) is 61.5 Å². The quantitative estimate of drug-likeness (QED) is 0.585. The van der Waals surface area contributed by atoms with Crippen LogP contribution in [0, 0.1) is 0 Å². The average molecular weight is 364 g/mol. The van der Waals surface area contributed by atoms with Gasteiger partial charge in [-0.2, -0.15) is 0 Å². The van der Waals surface area contributed by atoms with Crippen molar-refractivity contribution in [2.24, 2.45) is 4.99 Å². The molecule has 0 amide bonds. The zero-order valence-corrected chi connectivity index (χ0v) is 16.9. The molecule has 0 saturated carbocycles. The van der Waals surface area contributed by atoms with Crippen LogP contribution in [0.4, 0.5) is 0 Å². The number of hydrogen-bond acceptors (Lipinski definition) is 5. The number of ether oxygens (including phenoxy) is 2. The van der Waals surface area contributed by atoms with Crippen molar-refractivity contribution >= 4 is 5.96 Å². The fourth-order valence-electron chi connectivity index (χ4n) is 3.19. The Labute approximate surface area is 157 Å². The Hall–Kier alpha value is -1.99. The van der Waals surface area contributed by atoms with Gasteiger partial charge in [-0.05, 0) is 39.2 Å². The van der Waals surface area contributed by atoms with Crippen LogP contribution < -0.4 is 20.1 Å². The number of guanidine groups is 1. The van der Waals surface area contributed by atoms with Crippen LogP contribution in [0.25, 0.3) is 0 Å². The summed E-state index contributed by atoms with van der Waals surface area (Å²) in [5.74, 6) is 2.42. The molecule has 2 rings (SSSR count). The number of piperazine rings is 1. The number of likely N-dealkylation sites (N-methyl/N-ethyl adjacent to an activating group) is 2. The van der Waals surface area contributed by atoms with Gasteiger partial charge < -0.3 is 25.0 Å². The maximum absolute atomic E-state index is 5.49. The lowest BCUT2D eigenvalue weighted by Gasteiger charge is -2.38. The number of aliphatic imine (C=N–C) groups is 1. The Kier molecular flexibility index (Phi) is 7.53. The Morgan fingerprint density at radius 3 is 2.69 bits per heavy atom. The van der Waals surface area contributed by atoms with Gasteiger partial charge in [0.25, 0.3) is 0 Å². The molecular formula is C19H33N5O2. The fourth-order valence-corrected chi connectivity index (χ4v) is 3.19. The van der Waals surface area contributed by atoms with Crippen LogP contribution in [0.15, 0.2) is 23.2 Å². The summed E-state index contributed by atoms with van der Waals surface area (Å²) < 4.78 is 10.8. The molecule has 0 radical (unpaired) electrons. The van der Waals surface area contributed by atoms with E-state index in [1.165, 1.54) is 0 Å². The van der Waals surface area contributed by atoms with E-state index in [0.29, 0.717) is 6.04 Å². The zero-order chi connectivity index (χ0) is 19.1. The summed E-state index contributed by atoms with van der Waals surface area (Å²) in [4.78, 5) is 9.14. The summed E-state index contributed by atoms with van der Waals surface area (Å²) in [6.45, 7) is 6.20. The van der Waals surface area contributed by atoms with E-state index >= 15 is 0 Å². The van der Waals surface area contributed by atoms with E-state index in [-0.39, 0.29) is 6.04 Å². The van der Waals surface area contributed by atoms with Gasteiger partial charge in [0.2, 0.25) is 0 Å². The highest BCUT2D eigenvalue weighted by Crippen LogP contribution is 2.29. The first-order valence-corrected chi connectivity index (χ1v) is 9.06. The number of methoxy groups -OCH3 is 2. The first-order chi connectivity index (χ1) is 12.5. The molecule has 1 heterocycles. The molecule has 1 aromatic carbocycles.